The number of aromatic nitrogens is 2. The van der Waals surface area contributed by atoms with Crippen LogP contribution in [0.5, 0.6) is 0 Å². The number of amides is 1. The van der Waals surface area contributed by atoms with Crippen LogP contribution < -0.4 is 5.32 Å². The summed E-state index contributed by atoms with van der Waals surface area (Å²) in [5.41, 5.74) is 3.35. The first kappa shape index (κ1) is 11.5. The lowest BCUT2D eigenvalue weighted by atomic mass is 10.2. The molecule has 0 fully saturated rings. The van der Waals surface area contributed by atoms with E-state index in [0.29, 0.717) is 5.56 Å². The molecular weight excluding hydrogens is 238 g/mol. The number of imidazole rings is 1. The van der Waals surface area contributed by atoms with Gasteiger partial charge in [0.25, 0.3) is 5.91 Å². The van der Waals surface area contributed by atoms with Gasteiger partial charge in [-0.15, -0.1) is 0 Å². The minimum absolute atomic E-state index is 0.105. The zero-order valence-corrected chi connectivity index (χ0v) is 10.5. The highest BCUT2D eigenvalue weighted by atomic mass is 16.1. The molecular formula is C15H13N3O. The first-order chi connectivity index (χ1) is 9.28. The standard InChI is InChI=1S/C15H13N3O/c1-16-15(19)11-7-8-12-13(9-11)18-14(17-12)10-5-3-2-4-6-10/h2-9H,1H3,(H,16,19)(H,17,18). The smallest absolute Gasteiger partial charge is 0.251 e. The van der Waals surface area contributed by atoms with Crippen molar-refractivity contribution in [3.05, 3.63) is 54.1 Å². The third-order valence-corrected chi connectivity index (χ3v) is 3.02. The quantitative estimate of drug-likeness (QED) is 0.735. The van der Waals surface area contributed by atoms with Crippen molar-refractivity contribution in [1.82, 2.24) is 15.3 Å². The van der Waals surface area contributed by atoms with E-state index in [1.165, 1.54) is 0 Å². The topological polar surface area (TPSA) is 57.8 Å². The molecule has 1 amide bonds. The van der Waals surface area contributed by atoms with Crippen LogP contribution in [0.2, 0.25) is 0 Å². The molecule has 0 aliphatic carbocycles. The van der Waals surface area contributed by atoms with E-state index in [9.17, 15) is 4.79 Å². The van der Waals surface area contributed by atoms with Crippen LogP contribution in [0.25, 0.3) is 22.4 Å². The van der Waals surface area contributed by atoms with Gasteiger partial charge in [0.1, 0.15) is 5.82 Å². The van der Waals surface area contributed by atoms with Crippen LogP contribution in [0.15, 0.2) is 48.5 Å². The van der Waals surface area contributed by atoms with E-state index < -0.39 is 0 Å². The Morgan fingerprint density at radius 1 is 1.16 bits per heavy atom. The second-order valence-corrected chi connectivity index (χ2v) is 4.26. The molecule has 0 spiro atoms. The molecule has 2 aromatic carbocycles. The number of H-pyrrole nitrogens is 1. The first-order valence-electron chi connectivity index (χ1n) is 6.05. The maximum Gasteiger partial charge on any atom is 0.251 e. The van der Waals surface area contributed by atoms with Crippen LogP contribution in [-0.2, 0) is 0 Å². The molecule has 94 valence electrons. The van der Waals surface area contributed by atoms with Gasteiger partial charge in [-0.25, -0.2) is 4.98 Å². The number of benzene rings is 2. The second kappa shape index (κ2) is 4.57. The molecule has 4 nitrogen and oxygen atoms in total. The first-order valence-corrected chi connectivity index (χ1v) is 6.05. The molecule has 2 N–H and O–H groups in total. The minimum Gasteiger partial charge on any atom is -0.355 e. The Morgan fingerprint density at radius 2 is 1.95 bits per heavy atom. The zero-order chi connectivity index (χ0) is 13.2. The Bertz CT molecular complexity index is 731. The van der Waals surface area contributed by atoms with Gasteiger partial charge in [0.2, 0.25) is 0 Å². The zero-order valence-electron chi connectivity index (χ0n) is 10.5. The van der Waals surface area contributed by atoms with E-state index in [4.69, 9.17) is 0 Å². The van der Waals surface area contributed by atoms with Crippen LogP contribution in [-0.4, -0.2) is 22.9 Å². The fourth-order valence-electron chi connectivity index (χ4n) is 2.02. The fourth-order valence-corrected chi connectivity index (χ4v) is 2.02. The summed E-state index contributed by atoms with van der Waals surface area (Å²) in [6.45, 7) is 0. The van der Waals surface area contributed by atoms with Gasteiger partial charge in [-0.05, 0) is 18.2 Å². The molecule has 19 heavy (non-hydrogen) atoms. The molecule has 0 bridgehead atoms. The molecule has 0 saturated carbocycles. The molecule has 0 saturated heterocycles. The van der Waals surface area contributed by atoms with E-state index in [-0.39, 0.29) is 5.91 Å². The van der Waals surface area contributed by atoms with Crippen LogP contribution in [0.3, 0.4) is 0 Å². The number of fused-ring (bicyclic) bond motifs is 1. The molecule has 3 rings (SSSR count). The van der Waals surface area contributed by atoms with Gasteiger partial charge >= 0.3 is 0 Å². The predicted octanol–water partition coefficient (Wildman–Crippen LogP) is 2.59. The van der Waals surface area contributed by atoms with Crippen LogP contribution in [0, 0.1) is 0 Å². The Balaban J connectivity index is 2.09. The van der Waals surface area contributed by atoms with Gasteiger partial charge in [0, 0.05) is 18.2 Å². The maximum absolute atomic E-state index is 11.6. The van der Waals surface area contributed by atoms with Crippen molar-refractivity contribution in [2.24, 2.45) is 0 Å². The lowest BCUT2D eigenvalue weighted by Gasteiger charge is -1.97. The van der Waals surface area contributed by atoms with E-state index in [1.54, 1.807) is 19.2 Å². The third-order valence-electron chi connectivity index (χ3n) is 3.02. The van der Waals surface area contributed by atoms with Gasteiger partial charge in [-0.1, -0.05) is 30.3 Å². The number of carbonyl (C=O) groups excluding carboxylic acids is 1. The summed E-state index contributed by atoms with van der Waals surface area (Å²) >= 11 is 0. The number of nitrogens with one attached hydrogen (secondary N) is 2. The molecule has 0 radical (unpaired) electrons. The molecule has 1 aromatic heterocycles. The monoisotopic (exact) mass is 251 g/mol. The molecule has 0 aliphatic heterocycles. The maximum atomic E-state index is 11.6. The number of rotatable bonds is 2. The number of hydrogen-bond donors (Lipinski definition) is 2. The number of aromatic amines is 1. The largest absolute Gasteiger partial charge is 0.355 e. The van der Waals surface area contributed by atoms with Crippen LogP contribution in [0.1, 0.15) is 10.4 Å². The number of carbonyl (C=O) groups is 1. The summed E-state index contributed by atoms with van der Waals surface area (Å²) in [5.74, 6) is 0.704. The Hall–Kier alpha value is -2.62. The Kier molecular flexibility index (Phi) is 2.76. The summed E-state index contributed by atoms with van der Waals surface area (Å²) < 4.78 is 0. The van der Waals surface area contributed by atoms with E-state index in [2.05, 4.69) is 15.3 Å². The van der Waals surface area contributed by atoms with Gasteiger partial charge < -0.3 is 10.3 Å². The average molecular weight is 251 g/mol. The molecule has 0 unspecified atom stereocenters. The SMILES string of the molecule is CNC(=O)c1ccc2[nH]c(-c3ccccc3)nc2c1. The van der Waals surface area contributed by atoms with Gasteiger partial charge in [0.05, 0.1) is 11.0 Å². The molecule has 3 aromatic rings. The van der Waals surface area contributed by atoms with Crippen molar-refractivity contribution in [3.63, 3.8) is 0 Å². The summed E-state index contributed by atoms with van der Waals surface area (Å²) in [4.78, 5) is 19.4. The van der Waals surface area contributed by atoms with Gasteiger partial charge in [-0.3, -0.25) is 4.79 Å². The highest BCUT2D eigenvalue weighted by Gasteiger charge is 2.08. The van der Waals surface area contributed by atoms with Crippen molar-refractivity contribution in [2.75, 3.05) is 7.05 Å². The summed E-state index contributed by atoms with van der Waals surface area (Å²) in [6.07, 6.45) is 0. The predicted molar refractivity (Wildman–Crippen MR) is 74.9 cm³/mol. The third kappa shape index (κ3) is 2.08. The summed E-state index contributed by atoms with van der Waals surface area (Å²) in [5, 5.41) is 2.61. The number of nitrogens with zero attached hydrogens (tertiary/aromatic N) is 1. The Labute approximate surface area is 110 Å². The van der Waals surface area contributed by atoms with Crippen LogP contribution >= 0.6 is 0 Å². The van der Waals surface area contributed by atoms with Crippen molar-refractivity contribution in [1.29, 1.82) is 0 Å². The summed E-state index contributed by atoms with van der Waals surface area (Å²) in [6, 6.07) is 15.4. The van der Waals surface area contributed by atoms with E-state index in [1.807, 2.05) is 36.4 Å². The summed E-state index contributed by atoms with van der Waals surface area (Å²) in [7, 11) is 1.62. The highest BCUT2D eigenvalue weighted by molar-refractivity contribution is 5.97. The van der Waals surface area contributed by atoms with Crippen molar-refractivity contribution < 1.29 is 4.79 Å². The lowest BCUT2D eigenvalue weighted by molar-refractivity contribution is 0.0963. The van der Waals surface area contributed by atoms with Crippen molar-refractivity contribution >= 4 is 16.9 Å². The molecule has 0 aliphatic rings. The van der Waals surface area contributed by atoms with E-state index in [0.717, 1.165) is 22.4 Å². The second-order valence-electron chi connectivity index (χ2n) is 4.26. The van der Waals surface area contributed by atoms with Crippen LogP contribution in [0.4, 0.5) is 0 Å². The van der Waals surface area contributed by atoms with Gasteiger partial charge in [-0.2, -0.15) is 0 Å². The van der Waals surface area contributed by atoms with Gasteiger partial charge in [0.15, 0.2) is 0 Å². The minimum atomic E-state index is -0.105. The number of hydrogen-bond acceptors (Lipinski definition) is 2. The molecule has 4 heteroatoms. The average Bonchev–Trinajstić information content (AvgIpc) is 2.90. The Morgan fingerprint density at radius 3 is 2.68 bits per heavy atom. The molecule has 0 atom stereocenters. The normalized spacial score (nSPS) is 10.6. The lowest BCUT2D eigenvalue weighted by Crippen LogP contribution is -2.17. The molecule has 1 heterocycles. The fraction of sp³-hybridized carbons (Fsp3) is 0.0667. The van der Waals surface area contributed by atoms with Crippen molar-refractivity contribution in [3.8, 4) is 11.4 Å². The highest BCUT2D eigenvalue weighted by Crippen LogP contribution is 2.20. The van der Waals surface area contributed by atoms with Crippen molar-refractivity contribution in [2.45, 2.75) is 0 Å². The van der Waals surface area contributed by atoms with E-state index >= 15 is 0 Å².